The maximum atomic E-state index is 5.50. The second-order valence-electron chi connectivity index (χ2n) is 5.68. The van der Waals surface area contributed by atoms with Gasteiger partial charge in [-0.25, -0.2) is 15.8 Å². The number of hydrazine groups is 1. The largest absolute Gasteiger partial charge is 0.367 e. The maximum Gasteiger partial charge on any atom is 0.145 e. The molecule has 2 aromatic rings. The van der Waals surface area contributed by atoms with Crippen molar-refractivity contribution in [3.05, 3.63) is 33.8 Å². The Labute approximate surface area is 129 Å². The Kier molecular flexibility index (Phi) is 4.07. The molecule has 5 nitrogen and oxygen atoms in total. The van der Waals surface area contributed by atoms with Crippen molar-refractivity contribution < 1.29 is 0 Å². The number of hydrogen-bond donors (Lipinski definition) is 3. The number of aryl methyl sites for hydroxylation is 1. The molecule has 0 aromatic carbocycles. The minimum atomic E-state index is 0.315. The number of nitrogens with zero attached hydrogens (tertiary/aromatic N) is 2. The molecule has 1 unspecified atom stereocenters. The van der Waals surface area contributed by atoms with Gasteiger partial charge in [-0.3, -0.25) is 0 Å². The number of nitrogens with two attached hydrogens (primary N) is 1. The van der Waals surface area contributed by atoms with Gasteiger partial charge in [0.15, 0.2) is 0 Å². The third-order valence-electron chi connectivity index (χ3n) is 3.53. The lowest BCUT2D eigenvalue weighted by Gasteiger charge is -2.15. The van der Waals surface area contributed by atoms with Crippen molar-refractivity contribution in [2.45, 2.75) is 45.1 Å². The first kappa shape index (κ1) is 14.3. The summed E-state index contributed by atoms with van der Waals surface area (Å²) in [6, 6.07) is 6.54. The minimum Gasteiger partial charge on any atom is -0.367 e. The maximum absolute atomic E-state index is 5.50. The van der Waals surface area contributed by atoms with Gasteiger partial charge in [0.05, 0.1) is 0 Å². The van der Waals surface area contributed by atoms with Crippen LogP contribution in [0, 0.1) is 6.92 Å². The molecule has 1 saturated carbocycles. The topological polar surface area (TPSA) is 75.9 Å². The molecule has 3 rings (SSSR count). The summed E-state index contributed by atoms with van der Waals surface area (Å²) in [7, 11) is 0. The summed E-state index contributed by atoms with van der Waals surface area (Å²) < 4.78 is 0. The summed E-state index contributed by atoms with van der Waals surface area (Å²) in [5.74, 6) is 8.43. The molecule has 2 aromatic heterocycles. The Morgan fingerprint density at radius 2 is 2.10 bits per heavy atom. The number of anilines is 2. The highest BCUT2D eigenvalue weighted by Crippen LogP contribution is 2.38. The molecular formula is C15H21N5S. The predicted octanol–water partition coefficient (Wildman–Crippen LogP) is 3.05. The SMILES string of the molecule is Cc1ccc(CC(C)Nc2cc(NN)nc(C3CC3)n2)s1. The zero-order valence-electron chi connectivity index (χ0n) is 12.4. The lowest BCUT2D eigenvalue weighted by atomic mass is 10.2. The standard InChI is InChI=1S/C15H21N5S/c1-9(7-12-6-3-10(2)21-12)17-13-8-14(20-16)19-15(18-13)11-4-5-11/h3,6,8-9,11H,4-5,7,16H2,1-2H3,(H2,17,18,19,20). The van der Waals surface area contributed by atoms with Crippen LogP contribution in [0.4, 0.5) is 11.6 Å². The Balaban J connectivity index is 1.69. The molecular weight excluding hydrogens is 282 g/mol. The first-order valence-corrected chi connectivity index (χ1v) is 8.13. The molecule has 2 heterocycles. The van der Waals surface area contributed by atoms with Crippen molar-refractivity contribution in [3.8, 4) is 0 Å². The van der Waals surface area contributed by atoms with Crippen LogP contribution in [0.1, 0.15) is 41.3 Å². The van der Waals surface area contributed by atoms with Gasteiger partial charge >= 0.3 is 0 Å². The first-order chi connectivity index (χ1) is 10.1. The van der Waals surface area contributed by atoms with Gasteiger partial charge in [-0.2, -0.15) is 0 Å². The number of nitrogen functional groups attached to an aromatic ring is 1. The van der Waals surface area contributed by atoms with E-state index in [0.717, 1.165) is 18.1 Å². The molecule has 0 saturated heterocycles. The van der Waals surface area contributed by atoms with Crippen LogP contribution in [0.15, 0.2) is 18.2 Å². The van der Waals surface area contributed by atoms with E-state index in [4.69, 9.17) is 5.84 Å². The van der Waals surface area contributed by atoms with Gasteiger partial charge in [0, 0.05) is 34.2 Å². The van der Waals surface area contributed by atoms with Gasteiger partial charge in [0.2, 0.25) is 0 Å². The highest BCUT2D eigenvalue weighted by atomic mass is 32.1. The summed E-state index contributed by atoms with van der Waals surface area (Å²) in [4.78, 5) is 11.8. The minimum absolute atomic E-state index is 0.315. The van der Waals surface area contributed by atoms with Crippen molar-refractivity contribution in [1.82, 2.24) is 9.97 Å². The molecule has 1 aliphatic rings. The molecule has 6 heteroatoms. The molecule has 4 N–H and O–H groups in total. The monoisotopic (exact) mass is 303 g/mol. The molecule has 0 radical (unpaired) electrons. The van der Waals surface area contributed by atoms with Crippen LogP contribution < -0.4 is 16.6 Å². The van der Waals surface area contributed by atoms with Gasteiger partial charge in [-0.1, -0.05) is 0 Å². The molecule has 112 valence electrons. The van der Waals surface area contributed by atoms with E-state index < -0.39 is 0 Å². The predicted molar refractivity (Wildman–Crippen MR) is 87.7 cm³/mol. The Morgan fingerprint density at radius 1 is 1.33 bits per heavy atom. The lowest BCUT2D eigenvalue weighted by molar-refractivity contribution is 0.788. The van der Waals surface area contributed by atoms with Crippen molar-refractivity contribution >= 4 is 23.0 Å². The van der Waals surface area contributed by atoms with Crippen LogP contribution in [-0.4, -0.2) is 16.0 Å². The second-order valence-corrected chi connectivity index (χ2v) is 7.05. The number of thiophene rings is 1. The van der Waals surface area contributed by atoms with Crippen LogP contribution in [0.2, 0.25) is 0 Å². The molecule has 0 bridgehead atoms. The average Bonchev–Trinajstić information content (AvgIpc) is 3.22. The van der Waals surface area contributed by atoms with Gasteiger partial charge in [-0.15, -0.1) is 11.3 Å². The third kappa shape index (κ3) is 3.71. The third-order valence-corrected chi connectivity index (χ3v) is 4.55. The zero-order chi connectivity index (χ0) is 14.8. The summed E-state index contributed by atoms with van der Waals surface area (Å²) in [5, 5.41) is 3.46. The smallest absolute Gasteiger partial charge is 0.145 e. The van der Waals surface area contributed by atoms with E-state index in [1.54, 1.807) is 0 Å². The average molecular weight is 303 g/mol. The van der Waals surface area contributed by atoms with E-state index in [1.807, 2.05) is 17.4 Å². The number of nitrogens with one attached hydrogen (secondary N) is 2. The molecule has 0 amide bonds. The highest BCUT2D eigenvalue weighted by Gasteiger charge is 2.27. The highest BCUT2D eigenvalue weighted by molar-refractivity contribution is 7.11. The summed E-state index contributed by atoms with van der Waals surface area (Å²) in [6.07, 6.45) is 3.35. The van der Waals surface area contributed by atoms with E-state index in [1.165, 1.54) is 22.6 Å². The summed E-state index contributed by atoms with van der Waals surface area (Å²) in [6.45, 7) is 4.31. The molecule has 1 aliphatic carbocycles. The molecule has 0 spiro atoms. The number of rotatable bonds is 6. The van der Waals surface area contributed by atoms with Crippen LogP contribution >= 0.6 is 11.3 Å². The Hall–Kier alpha value is -1.66. The van der Waals surface area contributed by atoms with Crippen molar-refractivity contribution in [2.75, 3.05) is 10.7 Å². The van der Waals surface area contributed by atoms with E-state index in [9.17, 15) is 0 Å². The van der Waals surface area contributed by atoms with Crippen LogP contribution in [0.3, 0.4) is 0 Å². The quantitative estimate of drug-likeness (QED) is 0.565. The van der Waals surface area contributed by atoms with Crippen molar-refractivity contribution in [2.24, 2.45) is 5.84 Å². The fourth-order valence-corrected chi connectivity index (χ4v) is 3.36. The molecule has 1 atom stereocenters. The number of aromatic nitrogens is 2. The fourth-order valence-electron chi connectivity index (χ4n) is 2.34. The van der Waals surface area contributed by atoms with Gasteiger partial charge in [-0.05, 0) is 38.8 Å². The van der Waals surface area contributed by atoms with Gasteiger partial charge in [0.1, 0.15) is 17.5 Å². The van der Waals surface area contributed by atoms with Crippen molar-refractivity contribution in [3.63, 3.8) is 0 Å². The van der Waals surface area contributed by atoms with Crippen LogP contribution in [0.5, 0.6) is 0 Å². The molecule has 21 heavy (non-hydrogen) atoms. The Bertz CT molecular complexity index is 620. The van der Waals surface area contributed by atoms with Crippen molar-refractivity contribution in [1.29, 1.82) is 0 Å². The summed E-state index contributed by atoms with van der Waals surface area (Å²) in [5.41, 5.74) is 2.63. The normalized spacial score (nSPS) is 15.8. The summed E-state index contributed by atoms with van der Waals surface area (Å²) >= 11 is 1.85. The van der Waals surface area contributed by atoms with Crippen LogP contribution in [-0.2, 0) is 6.42 Å². The zero-order valence-corrected chi connectivity index (χ0v) is 13.2. The van der Waals surface area contributed by atoms with E-state index in [-0.39, 0.29) is 0 Å². The fraction of sp³-hybridized carbons (Fsp3) is 0.467. The van der Waals surface area contributed by atoms with E-state index in [2.05, 4.69) is 46.7 Å². The van der Waals surface area contributed by atoms with E-state index >= 15 is 0 Å². The number of hydrogen-bond acceptors (Lipinski definition) is 6. The lowest BCUT2D eigenvalue weighted by Crippen LogP contribution is -2.20. The van der Waals surface area contributed by atoms with E-state index in [0.29, 0.717) is 17.8 Å². The van der Waals surface area contributed by atoms with Gasteiger partial charge < -0.3 is 10.7 Å². The van der Waals surface area contributed by atoms with Gasteiger partial charge in [0.25, 0.3) is 0 Å². The molecule has 0 aliphatic heterocycles. The van der Waals surface area contributed by atoms with Crippen LogP contribution in [0.25, 0.3) is 0 Å². The first-order valence-electron chi connectivity index (χ1n) is 7.31. The Morgan fingerprint density at radius 3 is 2.71 bits per heavy atom. The second kappa shape index (κ2) is 5.99. The molecule has 1 fully saturated rings.